The summed E-state index contributed by atoms with van der Waals surface area (Å²) in [5.41, 5.74) is -1.02. The number of piperidine rings is 1. The van der Waals surface area contributed by atoms with E-state index in [-0.39, 0.29) is 30.0 Å². The second-order valence-electron chi connectivity index (χ2n) is 11.5. The van der Waals surface area contributed by atoms with Gasteiger partial charge in [-0.25, -0.2) is 24.4 Å². The van der Waals surface area contributed by atoms with Crippen LogP contribution in [0.25, 0.3) is 0 Å². The molecule has 4 rings (SSSR count). The van der Waals surface area contributed by atoms with Gasteiger partial charge in [-0.1, -0.05) is 5.16 Å². The van der Waals surface area contributed by atoms with E-state index in [0.29, 0.717) is 24.4 Å². The minimum atomic E-state index is -0.803. The van der Waals surface area contributed by atoms with Gasteiger partial charge in [0.15, 0.2) is 5.76 Å². The van der Waals surface area contributed by atoms with E-state index in [1.807, 2.05) is 0 Å². The zero-order chi connectivity index (χ0) is 26.5. The lowest BCUT2D eigenvalue weighted by molar-refractivity contribution is -0.0782. The van der Waals surface area contributed by atoms with Gasteiger partial charge in [-0.2, -0.15) is 0 Å². The molecule has 0 unspecified atom stereocenters. The number of hydroxylamine groups is 2. The molecule has 1 saturated carbocycles. The third-order valence-corrected chi connectivity index (χ3v) is 6.23. The van der Waals surface area contributed by atoms with E-state index in [1.165, 1.54) is 0 Å². The number of fused-ring (bicyclic) bond motifs is 3. The summed E-state index contributed by atoms with van der Waals surface area (Å²) >= 11 is 0. The summed E-state index contributed by atoms with van der Waals surface area (Å²) in [7, 11) is 0. The largest absolute Gasteiger partial charge is 0.444 e. The standard InChI is InChI=1S/C23H34N6O7/c1-21(2,3)34-18(30)25-17(26-19(31)35-22(4,5)6)24-11-13-9-14(27-36-13)15-10-23(7-8-23)16-12-28(15)20(32)29(16)33/h9,15-16,33H,7-8,10-12H2,1-6H3,(H2,24,25,26,30,31)/t15-,16-/m0/s1. The summed E-state index contributed by atoms with van der Waals surface area (Å²) in [4.78, 5) is 42.9. The van der Waals surface area contributed by atoms with Crippen LogP contribution in [0.5, 0.6) is 0 Å². The molecule has 3 fully saturated rings. The Hall–Kier alpha value is -3.35. The van der Waals surface area contributed by atoms with Crippen LogP contribution in [0.3, 0.4) is 0 Å². The number of rotatable bonds is 3. The van der Waals surface area contributed by atoms with E-state index >= 15 is 0 Å². The Balaban J connectivity index is 1.47. The predicted molar refractivity (Wildman–Crippen MR) is 125 cm³/mol. The molecule has 1 aromatic heterocycles. The molecule has 3 aliphatic rings. The Morgan fingerprint density at radius 2 is 1.75 bits per heavy atom. The SMILES string of the molecule is CC(C)(C)OC(=O)NC(=NCc1cc([C@@H]2CC3(CC3)[C@@H]3CN2C(=O)N3O)no1)NC(=O)OC(C)(C)C. The van der Waals surface area contributed by atoms with Crippen molar-refractivity contribution in [2.45, 2.75) is 90.6 Å². The fourth-order valence-corrected chi connectivity index (χ4v) is 4.54. The number of hydrogen-bond acceptors (Lipinski definition) is 9. The predicted octanol–water partition coefficient (Wildman–Crippen LogP) is 3.30. The molecule has 1 spiro atoms. The summed E-state index contributed by atoms with van der Waals surface area (Å²) in [5.74, 6) is 0.179. The van der Waals surface area contributed by atoms with Crippen LogP contribution >= 0.6 is 0 Å². The van der Waals surface area contributed by atoms with Crippen LogP contribution in [0, 0.1) is 5.41 Å². The molecule has 0 aromatic carbocycles. The molecule has 36 heavy (non-hydrogen) atoms. The Morgan fingerprint density at radius 3 is 2.28 bits per heavy atom. The minimum absolute atomic E-state index is 0.0610. The molecule has 0 radical (unpaired) electrons. The monoisotopic (exact) mass is 506 g/mol. The maximum Gasteiger partial charge on any atom is 0.414 e. The van der Waals surface area contributed by atoms with Gasteiger partial charge in [0.1, 0.15) is 23.4 Å². The smallest absolute Gasteiger partial charge is 0.414 e. The molecule has 3 heterocycles. The van der Waals surface area contributed by atoms with E-state index in [0.717, 1.165) is 17.9 Å². The lowest BCUT2D eigenvalue weighted by atomic mass is 9.84. The zero-order valence-corrected chi connectivity index (χ0v) is 21.5. The lowest BCUT2D eigenvalue weighted by Crippen LogP contribution is -2.47. The Morgan fingerprint density at radius 1 is 1.17 bits per heavy atom. The molecule has 2 aliphatic heterocycles. The summed E-state index contributed by atoms with van der Waals surface area (Å²) < 4.78 is 15.9. The summed E-state index contributed by atoms with van der Waals surface area (Å²) in [5, 5.41) is 20.1. The van der Waals surface area contributed by atoms with E-state index in [9.17, 15) is 19.6 Å². The van der Waals surface area contributed by atoms with E-state index < -0.39 is 29.4 Å². The molecule has 1 aliphatic carbocycles. The molecule has 13 nitrogen and oxygen atoms in total. The molecule has 2 bridgehead atoms. The molecule has 2 saturated heterocycles. The fraction of sp³-hybridized carbons (Fsp3) is 0.696. The first kappa shape index (κ1) is 25.7. The average molecular weight is 507 g/mol. The first-order chi connectivity index (χ1) is 16.7. The van der Waals surface area contributed by atoms with Crippen LogP contribution in [0.2, 0.25) is 0 Å². The van der Waals surface area contributed by atoms with Gasteiger partial charge in [0.25, 0.3) is 0 Å². The van der Waals surface area contributed by atoms with Crippen molar-refractivity contribution in [3.8, 4) is 0 Å². The number of carbonyl (C=O) groups is 3. The number of ether oxygens (including phenoxy) is 2. The molecule has 13 heteroatoms. The summed E-state index contributed by atoms with van der Waals surface area (Å²) in [6.45, 7) is 10.6. The van der Waals surface area contributed by atoms with Gasteiger partial charge < -0.3 is 18.9 Å². The molecule has 3 N–H and O–H groups in total. The van der Waals surface area contributed by atoms with Crippen LogP contribution in [0.4, 0.5) is 14.4 Å². The highest BCUT2D eigenvalue weighted by Crippen LogP contribution is 2.61. The van der Waals surface area contributed by atoms with E-state index in [1.54, 1.807) is 52.5 Å². The number of hydrogen-bond donors (Lipinski definition) is 3. The average Bonchev–Trinajstić information content (AvgIpc) is 3.22. The van der Waals surface area contributed by atoms with Gasteiger partial charge in [0, 0.05) is 12.6 Å². The number of nitrogens with zero attached hydrogens (tertiary/aromatic N) is 4. The van der Waals surface area contributed by atoms with Crippen molar-refractivity contribution in [1.29, 1.82) is 0 Å². The third kappa shape index (κ3) is 5.72. The van der Waals surface area contributed by atoms with Crippen LogP contribution in [-0.4, -0.2) is 68.3 Å². The van der Waals surface area contributed by atoms with Gasteiger partial charge in [0.05, 0.1) is 12.1 Å². The van der Waals surface area contributed by atoms with Gasteiger partial charge in [-0.05, 0) is 66.2 Å². The van der Waals surface area contributed by atoms with Crippen molar-refractivity contribution >= 4 is 24.2 Å². The van der Waals surface area contributed by atoms with Crippen LogP contribution < -0.4 is 10.6 Å². The molecule has 2 atom stereocenters. The van der Waals surface area contributed by atoms with E-state index in [2.05, 4.69) is 20.8 Å². The summed E-state index contributed by atoms with van der Waals surface area (Å²) in [6, 6.07) is 0.768. The number of carbonyl (C=O) groups excluding carboxylic acids is 3. The first-order valence-corrected chi connectivity index (χ1v) is 11.9. The van der Waals surface area contributed by atoms with Gasteiger partial charge in [0.2, 0.25) is 5.96 Å². The van der Waals surface area contributed by atoms with Crippen molar-refractivity contribution in [3.05, 3.63) is 17.5 Å². The Bertz CT molecular complexity index is 1030. The fourth-order valence-electron chi connectivity index (χ4n) is 4.54. The molecule has 198 valence electrons. The highest BCUT2D eigenvalue weighted by Gasteiger charge is 2.63. The van der Waals surface area contributed by atoms with Crippen molar-refractivity contribution in [1.82, 2.24) is 25.8 Å². The maximum absolute atomic E-state index is 12.5. The van der Waals surface area contributed by atoms with Gasteiger partial charge in [-0.3, -0.25) is 15.8 Å². The summed E-state index contributed by atoms with van der Waals surface area (Å²) in [6.07, 6.45) is 1.00. The van der Waals surface area contributed by atoms with Gasteiger partial charge >= 0.3 is 18.2 Å². The van der Waals surface area contributed by atoms with E-state index in [4.69, 9.17) is 14.0 Å². The maximum atomic E-state index is 12.5. The highest BCUT2D eigenvalue weighted by atomic mass is 16.6. The zero-order valence-electron chi connectivity index (χ0n) is 21.5. The van der Waals surface area contributed by atoms with Crippen molar-refractivity contribution < 1.29 is 33.6 Å². The first-order valence-electron chi connectivity index (χ1n) is 11.9. The van der Waals surface area contributed by atoms with Crippen LogP contribution in [0.15, 0.2) is 15.6 Å². The Kier molecular flexibility index (Phi) is 6.40. The number of nitrogens with one attached hydrogen (secondary N) is 2. The Labute approximate surface area is 209 Å². The number of aliphatic imine (C=N–C) groups is 1. The minimum Gasteiger partial charge on any atom is -0.444 e. The highest BCUT2D eigenvalue weighted by molar-refractivity contribution is 6.01. The number of amides is 4. The van der Waals surface area contributed by atoms with Crippen LogP contribution in [0.1, 0.15) is 78.3 Å². The van der Waals surface area contributed by atoms with Crippen molar-refractivity contribution in [2.75, 3.05) is 6.54 Å². The van der Waals surface area contributed by atoms with Crippen LogP contribution in [-0.2, 0) is 16.0 Å². The number of guanidine groups is 1. The molecule has 4 amide bonds. The second kappa shape index (κ2) is 8.95. The van der Waals surface area contributed by atoms with Gasteiger partial charge in [-0.15, -0.1) is 0 Å². The topological polar surface area (TPSA) is 159 Å². The third-order valence-electron chi connectivity index (χ3n) is 6.23. The second-order valence-corrected chi connectivity index (χ2v) is 11.5. The normalized spacial score (nSPS) is 22.4. The molecular formula is C23H34N6O7. The molecular weight excluding hydrogens is 472 g/mol. The van der Waals surface area contributed by atoms with Crippen molar-refractivity contribution in [2.24, 2.45) is 10.4 Å². The molecule has 1 aromatic rings. The number of aromatic nitrogens is 1. The quantitative estimate of drug-likeness (QED) is 0.320. The van der Waals surface area contributed by atoms with Crippen molar-refractivity contribution in [3.63, 3.8) is 0 Å². The lowest BCUT2D eigenvalue weighted by Gasteiger charge is -2.35. The number of urea groups is 1. The number of alkyl carbamates (subject to hydrolysis) is 2.